The first-order valence-corrected chi connectivity index (χ1v) is 6.07. The van der Waals surface area contributed by atoms with Crippen molar-refractivity contribution in [1.82, 2.24) is 4.90 Å². The van der Waals surface area contributed by atoms with E-state index in [1.807, 2.05) is 11.3 Å². The molecule has 1 fully saturated rings. The smallest absolute Gasteiger partial charge is 0.0701 e. The first kappa shape index (κ1) is 12.5. The molecule has 80 valence electrons. The highest BCUT2D eigenvalue weighted by molar-refractivity contribution is 9.11. The summed E-state index contributed by atoms with van der Waals surface area (Å²) in [5.41, 5.74) is 5.84. The third-order valence-electron chi connectivity index (χ3n) is 2.32. The number of hydrogen-bond acceptors (Lipinski definition) is 3. The molecular weight excluding hydrogens is 284 g/mol. The van der Waals surface area contributed by atoms with E-state index in [1.54, 1.807) is 0 Å². The van der Waals surface area contributed by atoms with Crippen LogP contribution in [0.4, 0.5) is 0 Å². The van der Waals surface area contributed by atoms with E-state index in [-0.39, 0.29) is 12.4 Å². The highest BCUT2D eigenvalue weighted by Crippen LogP contribution is 2.24. The summed E-state index contributed by atoms with van der Waals surface area (Å²) in [6.07, 6.45) is 1.15. The van der Waals surface area contributed by atoms with E-state index in [0.717, 1.165) is 26.1 Å². The van der Waals surface area contributed by atoms with Crippen LogP contribution in [0.25, 0.3) is 0 Å². The fourth-order valence-corrected chi connectivity index (χ4v) is 3.19. The summed E-state index contributed by atoms with van der Waals surface area (Å²) in [4.78, 5) is 3.84. The third-order valence-corrected chi connectivity index (χ3v) is 3.93. The minimum atomic E-state index is 0. The van der Waals surface area contributed by atoms with Gasteiger partial charge in [0.25, 0.3) is 0 Å². The number of rotatable bonds is 2. The topological polar surface area (TPSA) is 29.3 Å². The zero-order chi connectivity index (χ0) is 9.26. The van der Waals surface area contributed by atoms with Crippen LogP contribution in [-0.2, 0) is 6.54 Å². The van der Waals surface area contributed by atoms with Gasteiger partial charge in [0, 0.05) is 30.6 Å². The zero-order valence-electron chi connectivity index (χ0n) is 7.78. The van der Waals surface area contributed by atoms with E-state index >= 15 is 0 Å². The maximum atomic E-state index is 5.84. The van der Waals surface area contributed by atoms with Crippen molar-refractivity contribution in [1.29, 1.82) is 0 Å². The van der Waals surface area contributed by atoms with Gasteiger partial charge in [-0.05, 0) is 34.5 Å². The van der Waals surface area contributed by atoms with E-state index < -0.39 is 0 Å². The molecule has 2 N–H and O–H groups in total. The minimum absolute atomic E-state index is 0. The Morgan fingerprint density at radius 2 is 2.36 bits per heavy atom. The monoisotopic (exact) mass is 296 g/mol. The summed E-state index contributed by atoms with van der Waals surface area (Å²) >= 11 is 5.28. The second kappa shape index (κ2) is 5.47. The van der Waals surface area contributed by atoms with Gasteiger partial charge in [0.1, 0.15) is 0 Å². The first-order chi connectivity index (χ1) is 6.24. The lowest BCUT2D eigenvalue weighted by molar-refractivity contribution is 0.330. The molecule has 2 heterocycles. The molecule has 5 heteroatoms. The lowest BCUT2D eigenvalue weighted by atomic mass is 10.3. The molecule has 14 heavy (non-hydrogen) atoms. The van der Waals surface area contributed by atoms with Gasteiger partial charge in [0.05, 0.1) is 3.79 Å². The summed E-state index contributed by atoms with van der Waals surface area (Å²) in [5, 5.41) is 0. The number of likely N-dealkylation sites (tertiary alicyclic amines) is 1. The Morgan fingerprint density at radius 3 is 2.86 bits per heavy atom. The van der Waals surface area contributed by atoms with Gasteiger partial charge in [0.15, 0.2) is 0 Å². The molecule has 1 saturated heterocycles. The average molecular weight is 298 g/mol. The highest BCUT2D eigenvalue weighted by atomic mass is 79.9. The van der Waals surface area contributed by atoms with E-state index in [9.17, 15) is 0 Å². The first-order valence-electron chi connectivity index (χ1n) is 4.46. The molecule has 2 nitrogen and oxygen atoms in total. The Bertz CT molecular complexity index is 292. The van der Waals surface area contributed by atoms with Crippen molar-refractivity contribution in [3.63, 3.8) is 0 Å². The van der Waals surface area contributed by atoms with Crippen molar-refractivity contribution in [2.45, 2.75) is 19.0 Å². The lowest BCUT2D eigenvalue weighted by Crippen LogP contribution is -2.25. The molecule has 1 aromatic heterocycles. The molecule has 0 bridgehead atoms. The molecule has 1 unspecified atom stereocenters. The van der Waals surface area contributed by atoms with E-state index in [0.29, 0.717) is 6.04 Å². The Labute approximate surface area is 103 Å². The van der Waals surface area contributed by atoms with E-state index in [1.165, 1.54) is 8.66 Å². The normalized spacial score (nSPS) is 22.3. The van der Waals surface area contributed by atoms with Crippen LogP contribution in [0.5, 0.6) is 0 Å². The van der Waals surface area contributed by atoms with Crippen LogP contribution >= 0.6 is 39.7 Å². The molecule has 1 aromatic rings. The average Bonchev–Trinajstić information content (AvgIpc) is 2.62. The van der Waals surface area contributed by atoms with E-state index in [2.05, 4.69) is 33.0 Å². The van der Waals surface area contributed by atoms with Gasteiger partial charge in [-0.2, -0.15) is 0 Å². The summed E-state index contributed by atoms with van der Waals surface area (Å²) in [6, 6.07) is 4.68. The van der Waals surface area contributed by atoms with Crippen molar-refractivity contribution in [2.75, 3.05) is 13.1 Å². The van der Waals surface area contributed by atoms with Crippen molar-refractivity contribution >= 4 is 39.7 Å². The summed E-state index contributed by atoms with van der Waals surface area (Å²) in [5.74, 6) is 0. The van der Waals surface area contributed by atoms with Crippen LogP contribution < -0.4 is 5.73 Å². The van der Waals surface area contributed by atoms with Gasteiger partial charge in [-0.25, -0.2) is 0 Å². The SMILES string of the molecule is Cl.NC1CCN(Cc2ccc(Br)s2)C1. The number of thiophene rings is 1. The maximum absolute atomic E-state index is 5.84. The number of nitrogens with two attached hydrogens (primary N) is 1. The summed E-state index contributed by atoms with van der Waals surface area (Å²) in [7, 11) is 0. The molecule has 0 aliphatic carbocycles. The van der Waals surface area contributed by atoms with Crippen molar-refractivity contribution in [3.8, 4) is 0 Å². The largest absolute Gasteiger partial charge is 0.326 e. The van der Waals surface area contributed by atoms with Crippen molar-refractivity contribution in [2.24, 2.45) is 5.73 Å². The maximum Gasteiger partial charge on any atom is 0.0701 e. The zero-order valence-corrected chi connectivity index (χ0v) is 11.0. The number of hydrogen-bond donors (Lipinski definition) is 1. The number of nitrogens with zero attached hydrogens (tertiary/aromatic N) is 1. The molecule has 0 saturated carbocycles. The molecule has 1 aliphatic rings. The van der Waals surface area contributed by atoms with Gasteiger partial charge in [0.2, 0.25) is 0 Å². The van der Waals surface area contributed by atoms with Crippen LogP contribution in [0.3, 0.4) is 0 Å². The number of halogens is 2. The summed E-state index contributed by atoms with van der Waals surface area (Å²) < 4.78 is 1.21. The van der Waals surface area contributed by atoms with Crippen LogP contribution in [0.15, 0.2) is 15.9 Å². The van der Waals surface area contributed by atoms with Gasteiger partial charge in [-0.15, -0.1) is 23.7 Å². The second-order valence-corrected chi connectivity index (χ2v) is 6.04. The van der Waals surface area contributed by atoms with Gasteiger partial charge in [-0.1, -0.05) is 0 Å². The molecule has 0 radical (unpaired) electrons. The Hall–Kier alpha value is 0.390. The minimum Gasteiger partial charge on any atom is -0.326 e. The van der Waals surface area contributed by atoms with Crippen LogP contribution in [-0.4, -0.2) is 24.0 Å². The van der Waals surface area contributed by atoms with Gasteiger partial charge in [-0.3, -0.25) is 4.90 Å². The fraction of sp³-hybridized carbons (Fsp3) is 0.556. The molecular formula is C9H14BrClN2S. The Morgan fingerprint density at radius 1 is 1.57 bits per heavy atom. The third kappa shape index (κ3) is 3.21. The van der Waals surface area contributed by atoms with E-state index in [4.69, 9.17) is 5.73 Å². The summed E-state index contributed by atoms with van der Waals surface area (Å²) in [6.45, 7) is 3.26. The van der Waals surface area contributed by atoms with Crippen molar-refractivity contribution in [3.05, 3.63) is 20.8 Å². The second-order valence-electron chi connectivity index (χ2n) is 3.49. The molecule has 0 aromatic carbocycles. The van der Waals surface area contributed by atoms with Gasteiger partial charge >= 0.3 is 0 Å². The highest BCUT2D eigenvalue weighted by Gasteiger charge is 2.19. The standard InChI is InChI=1S/C9H13BrN2S.ClH/c10-9-2-1-8(13-9)6-12-4-3-7(11)5-12;/h1-2,7H,3-6,11H2;1H. The fourth-order valence-electron chi connectivity index (χ4n) is 1.66. The van der Waals surface area contributed by atoms with Crippen LogP contribution in [0.1, 0.15) is 11.3 Å². The Balaban J connectivity index is 0.000000980. The molecule has 0 amide bonds. The molecule has 2 rings (SSSR count). The van der Waals surface area contributed by atoms with Gasteiger partial charge < -0.3 is 5.73 Å². The van der Waals surface area contributed by atoms with Crippen LogP contribution in [0.2, 0.25) is 0 Å². The quantitative estimate of drug-likeness (QED) is 0.908. The predicted molar refractivity (Wildman–Crippen MR) is 67.1 cm³/mol. The predicted octanol–water partition coefficient (Wildman–Crippen LogP) is 2.47. The van der Waals surface area contributed by atoms with Crippen LogP contribution in [0, 0.1) is 0 Å². The lowest BCUT2D eigenvalue weighted by Gasteiger charge is -2.12. The molecule has 1 aliphatic heterocycles. The Kier molecular flexibility index (Phi) is 4.87. The molecule has 1 atom stereocenters. The molecule has 0 spiro atoms. The van der Waals surface area contributed by atoms with Crippen molar-refractivity contribution < 1.29 is 0 Å².